The summed E-state index contributed by atoms with van der Waals surface area (Å²) in [5, 5.41) is 4.62. The molecule has 0 aliphatic rings. The third-order valence-corrected chi connectivity index (χ3v) is 1.88. The lowest BCUT2D eigenvalue weighted by Gasteiger charge is -2.02. The molecule has 1 aromatic rings. The van der Waals surface area contributed by atoms with E-state index in [0.29, 0.717) is 0 Å². The molecule has 6 nitrogen and oxygen atoms in total. The maximum absolute atomic E-state index is 11.2. The molecule has 0 saturated heterocycles. The molecule has 0 aliphatic carbocycles. The second kappa shape index (κ2) is 3.19. The van der Waals surface area contributed by atoms with Gasteiger partial charge in [0.05, 0.1) is 0 Å². The van der Waals surface area contributed by atoms with Gasteiger partial charge in [-0.1, -0.05) is 0 Å². The molecule has 0 unspecified atom stereocenters. The fourth-order valence-corrected chi connectivity index (χ4v) is 1.24. The fraction of sp³-hybridized carbons (Fsp3) is 0.167. The van der Waals surface area contributed by atoms with E-state index in [0.717, 1.165) is 0 Å². The molecule has 0 aliphatic heterocycles. The van der Waals surface area contributed by atoms with Crippen LogP contribution in [0.5, 0.6) is 0 Å². The Kier molecular flexibility index (Phi) is 2.39. The minimum Gasteiger partial charge on any atom is -0.347 e. The van der Waals surface area contributed by atoms with Gasteiger partial charge in [0.15, 0.2) is 0 Å². The number of aromatic nitrogens is 1. The van der Waals surface area contributed by atoms with E-state index >= 15 is 0 Å². The smallest absolute Gasteiger partial charge is 0.299 e. The Bertz CT molecular complexity index is 420. The third-order valence-electron chi connectivity index (χ3n) is 1.41. The van der Waals surface area contributed by atoms with Crippen LogP contribution in [0, 0.1) is 0 Å². The topological polar surface area (TPSA) is 94.2 Å². The molecule has 1 amide bonds. The Hall–Kier alpha value is -1.34. The molecule has 0 radical (unpaired) electrons. The molecule has 1 heterocycles. The van der Waals surface area contributed by atoms with Crippen molar-refractivity contribution in [1.82, 2.24) is 9.29 Å². The van der Waals surface area contributed by atoms with Crippen LogP contribution in [0.2, 0.25) is 0 Å². The van der Waals surface area contributed by atoms with E-state index in [4.69, 9.17) is 0 Å². The first kappa shape index (κ1) is 9.75. The largest absolute Gasteiger partial charge is 0.347 e. The number of carbonyl (C=O) groups is 1. The lowest BCUT2D eigenvalue weighted by atomic mass is 10.4. The molecule has 1 rings (SSSR count). The Morgan fingerprint density at radius 3 is 2.62 bits per heavy atom. The number of aryl methyl sites for hydroxylation is 1. The summed E-state index contributed by atoms with van der Waals surface area (Å²) in [5.41, 5.74) is 0.231. The van der Waals surface area contributed by atoms with E-state index in [2.05, 4.69) is 5.14 Å². The van der Waals surface area contributed by atoms with Crippen molar-refractivity contribution in [3.63, 3.8) is 0 Å². The monoisotopic (exact) mass is 203 g/mol. The molecule has 1 aromatic heterocycles. The van der Waals surface area contributed by atoms with Crippen LogP contribution in [0.15, 0.2) is 18.3 Å². The summed E-state index contributed by atoms with van der Waals surface area (Å²) in [6.45, 7) is 0. The van der Waals surface area contributed by atoms with Gasteiger partial charge in [-0.2, -0.15) is 8.42 Å². The zero-order valence-corrected chi connectivity index (χ0v) is 7.71. The van der Waals surface area contributed by atoms with E-state index in [9.17, 15) is 13.2 Å². The summed E-state index contributed by atoms with van der Waals surface area (Å²) in [6.07, 6.45) is 1.62. The quantitative estimate of drug-likeness (QED) is 0.642. The van der Waals surface area contributed by atoms with Gasteiger partial charge in [0, 0.05) is 13.2 Å². The van der Waals surface area contributed by atoms with Gasteiger partial charge >= 0.3 is 0 Å². The Morgan fingerprint density at radius 2 is 2.23 bits per heavy atom. The van der Waals surface area contributed by atoms with Crippen molar-refractivity contribution >= 4 is 16.1 Å². The molecule has 3 N–H and O–H groups in total. The molecular formula is C6H9N3O3S. The second-order valence-electron chi connectivity index (χ2n) is 2.48. The molecule has 72 valence electrons. The number of carbonyl (C=O) groups excluding carboxylic acids is 1. The predicted octanol–water partition coefficient (Wildman–Crippen LogP) is -1.04. The van der Waals surface area contributed by atoms with Crippen LogP contribution in [0.25, 0.3) is 0 Å². The number of rotatable bonds is 2. The summed E-state index contributed by atoms with van der Waals surface area (Å²) in [4.78, 5) is 11.2. The maximum Gasteiger partial charge on any atom is 0.299 e. The number of amides is 1. The third kappa shape index (κ3) is 2.56. The summed E-state index contributed by atoms with van der Waals surface area (Å²) in [6, 6.07) is 3.11. The van der Waals surface area contributed by atoms with Crippen molar-refractivity contribution < 1.29 is 13.2 Å². The first-order valence-corrected chi connectivity index (χ1v) is 4.91. The number of nitrogens with one attached hydrogen (secondary N) is 1. The number of hydrogen-bond donors (Lipinski definition) is 2. The fourth-order valence-electron chi connectivity index (χ4n) is 0.878. The molecule has 7 heteroatoms. The average Bonchev–Trinajstić information content (AvgIpc) is 2.30. The summed E-state index contributed by atoms with van der Waals surface area (Å²) in [5.74, 6) is -0.741. The summed E-state index contributed by atoms with van der Waals surface area (Å²) < 4.78 is 24.1. The van der Waals surface area contributed by atoms with Crippen molar-refractivity contribution in [2.45, 2.75) is 0 Å². The zero-order valence-electron chi connectivity index (χ0n) is 6.89. The van der Waals surface area contributed by atoms with Crippen LogP contribution in [0.3, 0.4) is 0 Å². The van der Waals surface area contributed by atoms with Crippen LogP contribution in [-0.4, -0.2) is 18.9 Å². The standard InChI is InChI=1S/C6H9N3O3S/c1-9-4-2-3-5(9)6(10)8-13(7,11)12/h2-4H,1H3,(H,8,10)(H2,7,11,12). The molecule has 13 heavy (non-hydrogen) atoms. The molecule has 0 saturated carbocycles. The average molecular weight is 203 g/mol. The summed E-state index contributed by atoms with van der Waals surface area (Å²) in [7, 11) is -2.36. The molecule has 0 fully saturated rings. The van der Waals surface area contributed by atoms with Gasteiger partial charge in [0.25, 0.3) is 16.1 Å². The van der Waals surface area contributed by atoms with Crippen LogP contribution in [0.4, 0.5) is 0 Å². The Morgan fingerprint density at radius 1 is 1.62 bits per heavy atom. The van der Waals surface area contributed by atoms with Gasteiger partial charge in [-0.05, 0) is 12.1 Å². The van der Waals surface area contributed by atoms with E-state index in [1.165, 1.54) is 10.6 Å². The SMILES string of the molecule is Cn1cccc1C(=O)NS(N)(=O)=O. The first-order chi connectivity index (χ1) is 5.90. The number of nitrogens with zero attached hydrogens (tertiary/aromatic N) is 1. The number of nitrogens with two attached hydrogens (primary N) is 1. The van der Waals surface area contributed by atoms with Crippen LogP contribution >= 0.6 is 0 Å². The zero-order chi connectivity index (χ0) is 10.1. The molecular weight excluding hydrogens is 194 g/mol. The first-order valence-electron chi connectivity index (χ1n) is 3.36. The highest BCUT2D eigenvalue weighted by molar-refractivity contribution is 7.87. The van der Waals surface area contributed by atoms with Gasteiger partial charge in [-0.25, -0.2) is 9.86 Å². The number of hydrogen-bond acceptors (Lipinski definition) is 3. The van der Waals surface area contributed by atoms with Crippen LogP contribution in [0.1, 0.15) is 10.5 Å². The highest BCUT2D eigenvalue weighted by atomic mass is 32.2. The van der Waals surface area contributed by atoms with Crippen LogP contribution < -0.4 is 9.86 Å². The van der Waals surface area contributed by atoms with E-state index in [1.807, 2.05) is 0 Å². The Labute approximate surface area is 75.5 Å². The minimum atomic E-state index is -3.98. The highest BCUT2D eigenvalue weighted by Crippen LogP contribution is 1.98. The van der Waals surface area contributed by atoms with Crippen molar-refractivity contribution in [2.24, 2.45) is 12.2 Å². The van der Waals surface area contributed by atoms with Crippen molar-refractivity contribution in [3.8, 4) is 0 Å². The normalized spacial score (nSPS) is 11.2. The predicted molar refractivity (Wildman–Crippen MR) is 46.0 cm³/mol. The van der Waals surface area contributed by atoms with E-state index < -0.39 is 16.1 Å². The Balaban J connectivity index is 2.88. The molecule has 0 bridgehead atoms. The van der Waals surface area contributed by atoms with Crippen molar-refractivity contribution in [1.29, 1.82) is 0 Å². The van der Waals surface area contributed by atoms with Crippen LogP contribution in [-0.2, 0) is 17.3 Å². The van der Waals surface area contributed by atoms with Gasteiger partial charge in [-0.15, -0.1) is 0 Å². The van der Waals surface area contributed by atoms with Gasteiger partial charge in [0.2, 0.25) is 0 Å². The molecule has 0 spiro atoms. The van der Waals surface area contributed by atoms with Gasteiger partial charge in [0.1, 0.15) is 5.69 Å². The van der Waals surface area contributed by atoms with Crippen molar-refractivity contribution in [2.75, 3.05) is 0 Å². The lowest BCUT2D eigenvalue weighted by Crippen LogP contribution is -2.36. The van der Waals surface area contributed by atoms with Gasteiger partial charge < -0.3 is 4.57 Å². The van der Waals surface area contributed by atoms with E-state index in [-0.39, 0.29) is 5.69 Å². The lowest BCUT2D eigenvalue weighted by molar-refractivity contribution is 0.0973. The summed E-state index contributed by atoms with van der Waals surface area (Å²) >= 11 is 0. The highest BCUT2D eigenvalue weighted by Gasteiger charge is 2.13. The van der Waals surface area contributed by atoms with E-state index in [1.54, 1.807) is 24.0 Å². The minimum absolute atomic E-state index is 0.231. The second-order valence-corrected chi connectivity index (χ2v) is 3.77. The molecule has 0 aromatic carbocycles. The molecule has 0 atom stereocenters. The van der Waals surface area contributed by atoms with Crippen molar-refractivity contribution in [3.05, 3.63) is 24.0 Å². The maximum atomic E-state index is 11.2. The van der Waals surface area contributed by atoms with Gasteiger partial charge in [-0.3, -0.25) is 4.79 Å².